The number of carbonyl (C=O) groups excluding carboxylic acids is 1. The van der Waals surface area contributed by atoms with Crippen molar-refractivity contribution in [2.75, 3.05) is 0 Å². The van der Waals surface area contributed by atoms with E-state index in [0.29, 0.717) is 38.7 Å². The van der Waals surface area contributed by atoms with Crippen molar-refractivity contribution in [3.05, 3.63) is 130 Å². The summed E-state index contributed by atoms with van der Waals surface area (Å²) in [4.78, 5) is 13.5. The van der Waals surface area contributed by atoms with Crippen molar-refractivity contribution in [3.63, 3.8) is 0 Å². The molecule has 0 aliphatic rings. The van der Waals surface area contributed by atoms with Crippen LogP contribution in [0.1, 0.15) is 45.5 Å². The van der Waals surface area contributed by atoms with E-state index in [1.54, 1.807) is 48.5 Å². The van der Waals surface area contributed by atoms with Crippen LogP contribution in [-0.2, 0) is 6.54 Å². The molecular weight excluding hydrogens is 530 g/mol. The number of nitrogens with zero attached hydrogens (tertiary/aromatic N) is 3. The Morgan fingerprint density at radius 2 is 1.36 bits per heavy atom. The second-order valence-corrected chi connectivity index (χ2v) is 9.18. The molecule has 0 bridgehead atoms. The van der Waals surface area contributed by atoms with Crippen LogP contribution in [-0.4, -0.2) is 20.8 Å². The van der Waals surface area contributed by atoms with Gasteiger partial charge >= 0.3 is 0 Å². The number of alkyl halides is 4. The summed E-state index contributed by atoms with van der Waals surface area (Å²) in [5, 5.41) is 8.93. The van der Waals surface area contributed by atoms with Crippen molar-refractivity contribution in [1.82, 2.24) is 15.0 Å². The molecule has 0 saturated carbocycles. The average molecular weight is 550 g/mol. The van der Waals surface area contributed by atoms with Crippen LogP contribution in [0.2, 0.25) is 5.02 Å². The summed E-state index contributed by atoms with van der Waals surface area (Å²) in [6.07, 6.45) is -5.82. The number of hydrogen-bond donors (Lipinski definition) is 0. The molecule has 9 heteroatoms. The fraction of sp³-hybridized carbons (Fsp3) is 0.100. The van der Waals surface area contributed by atoms with Gasteiger partial charge in [0.05, 0.1) is 17.3 Å². The molecule has 39 heavy (non-hydrogen) atoms. The normalized spacial score (nSPS) is 11.4. The van der Waals surface area contributed by atoms with Gasteiger partial charge in [0.1, 0.15) is 5.69 Å². The fourth-order valence-electron chi connectivity index (χ4n) is 4.43. The largest absolute Gasteiger partial charge is 0.289 e. The third kappa shape index (κ3) is 5.47. The van der Waals surface area contributed by atoms with Gasteiger partial charge in [0.2, 0.25) is 0 Å². The number of benzene rings is 4. The van der Waals surface area contributed by atoms with Gasteiger partial charge < -0.3 is 0 Å². The maximum Gasteiger partial charge on any atom is 0.263 e. The maximum atomic E-state index is 13.5. The number of aromatic nitrogens is 3. The Labute approximate surface area is 226 Å². The maximum absolute atomic E-state index is 13.5. The molecule has 0 N–H and O–H groups in total. The van der Waals surface area contributed by atoms with Crippen LogP contribution in [0.5, 0.6) is 0 Å². The molecule has 0 fully saturated rings. The van der Waals surface area contributed by atoms with Crippen LogP contribution in [0.4, 0.5) is 17.6 Å². The van der Waals surface area contributed by atoms with Crippen molar-refractivity contribution >= 4 is 17.4 Å². The predicted molar refractivity (Wildman–Crippen MR) is 141 cm³/mol. The first-order valence-electron chi connectivity index (χ1n) is 11.9. The van der Waals surface area contributed by atoms with Crippen LogP contribution in [0, 0.1) is 0 Å². The van der Waals surface area contributed by atoms with E-state index in [-0.39, 0.29) is 17.9 Å². The number of rotatable bonds is 8. The van der Waals surface area contributed by atoms with Gasteiger partial charge in [0, 0.05) is 33.4 Å². The van der Waals surface area contributed by atoms with Crippen LogP contribution >= 0.6 is 11.6 Å². The van der Waals surface area contributed by atoms with Crippen LogP contribution < -0.4 is 0 Å². The highest BCUT2D eigenvalue weighted by atomic mass is 35.5. The lowest BCUT2D eigenvalue weighted by Gasteiger charge is -2.13. The van der Waals surface area contributed by atoms with Crippen molar-refractivity contribution in [1.29, 1.82) is 0 Å². The minimum Gasteiger partial charge on any atom is -0.289 e. The third-order valence-corrected chi connectivity index (χ3v) is 6.53. The summed E-state index contributed by atoms with van der Waals surface area (Å²) in [7, 11) is 0. The van der Waals surface area contributed by atoms with E-state index in [2.05, 4.69) is 10.3 Å². The van der Waals surface area contributed by atoms with Crippen molar-refractivity contribution in [2.45, 2.75) is 19.4 Å². The Kier molecular flexibility index (Phi) is 7.56. The highest BCUT2D eigenvalue weighted by Crippen LogP contribution is 2.35. The predicted octanol–water partition coefficient (Wildman–Crippen LogP) is 8.42. The molecule has 4 aromatic carbocycles. The first kappa shape index (κ1) is 26.3. The van der Waals surface area contributed by atoms with Crippen LogP contribution in [0.3, 0.4) is 0 Å². The number of ketones is 1. The standard InChI is InChI=1S/C30H20ClF4N3O/c31-25-13-7-6-12-24(25)28(39)23-11-5-4-10-22(23)26-27(19-8-2-1-3-9-19)38(37-36-26)17-18-14-20(29(32)33)16-21(15-18)30(34)35/h1-16,29-30H,17H2. The van der Waals surface area contributed by atoms with Crippen LogP contribution in [0.25, 0.3) is 22.5 Å². The van der Waals surface area contributed by atoms with Gasteiger partial charge in [0.25, 0.3) is 12.9 Å². The molecule has 1 heterocycles. The highest BCUT2D eigenvalue weighted by molar-refractivity contribution is 6.35. The molecule has 0 saturated heterocycles. The molecule has 0 aliphatic carbocycles. The lowest BCUT2D eigenvalue weighted by atomic mass is 9.94. The number of carbonyl (C=O) groups is 1. The van der Waals surface area contributed by atoms with Crippen LogP contribution in [0.15, 0.2) is 97.1 Å². The summed E-state index contributed by atoms with van der Waals surface area (Å²) >= 11 is 6.30. The molecule has 5 rings (SSSR count). The third-order valence-electron chi connectivity index (χ3n) is 6.20. The Morgan fingerprint density at radius 1 is 0.769 bits per heavy atom. The molecule has 0 radical (unpaired) electrons. The summed E-state index contributed by atoms with van der Waals surface area (Å²) in [6.45, 7) is -0.0991. The SMILES string of the molecule is O=C(c1ccccc1Cl)c1ccccc1-c1nnn(Cc2cc(C(F)F)cc(C(F)F)c2)c1-c1ccccc1. The highest BCUT2D eigenvalue weighted by Gasteiger charge is 2.24. The second kappa shape index (κ2) is 11.2. The van der Waals surface area contributed by atoms with E-state index < -0.39 is 24.0 Å². The topological polar surface area (TPSA) is 47.8 Å². The van der Waals surface area contributed by atoms with Gasteiger partial charge in [-0.2, -0.15) is 0 Å². The smallest absolute Gasteiger partial charge is 0.263 e. The monoisotopic (exact) mass is 549 g/mol. The van der Waals surface area contributed by atoms with E-state index in [1.807, 2.05) is 30.3 Å². The molecule has 5 aromatic rings. The van der Waals surface area contributed by atoms with E-state index >= 15 is 0 Å². The molecule has 0 amide bonds. The molecule has 0 atom stereocenters. The Balaban J connectivity index is 1.65. The molecule has 196 valence electrons. The molecular formula is C30H20ClF4N3O. The average Bonchev–Trinajstić information content (AvgIpc) is 3.36. The second-order valence-electron chi connectivity index (χ2n) is 8.77. The zero-order valence-corrected chi connectivity index (χ0v) is 21.0. The quantitative estimate of drug-likeness (QED) is 0.144. The number of halogens is 5. The fourth-order valence-corrected chi connectivity index (χ4v) is 4.65. The molecule has 4 nitrogen and oxygen atoms in total. The minimum atomic E-state index is -2.91. The molecule has 0 spiro atoms. The van der Waals surface area contributed by atoms with Gasteiger partial charge in [0.15, 0.2) is 5.78 Å². The Morgan fingerprint density at radius 3 is 2.00 bits per heavy atom. The first-order valence-corrected chi connectivity index (χ1v) is 12.3. The zero-order valence-electron chi connectivity index (χ0n) is 20.2. The summed E-state index contributed by atoms with van der Waals surface area (Å²) < 4.78 is 55.3. The van der Waals surface area contributed by atoms with Crippen molar-refractivity contribution in [3.8, 4) is 22.5 Å². The molecule has 0 unspecified atom stereocenters. The molecule has 0 aliphatic heterocycles. The van der Waals surface area contributed by atoms with Gasteiger partial charge in [-0.25, -0.2) is 22.2 Å². The van der Waals surface area contributed by atoms with E-state index in [0.717, 1.165) is 6.07 Å². The Bertz CT molecular complexity index is 1610. The van der Waals surface area contributed by atoms with Gasteiger partial charge in [-0.15, -0.1) is 5.10 Å². The molecule has 1 aromatic heterocycles. The van der Waals surface area contributed by atoms with Gasteiger partial charge in [-0.1, -0.05) is 83.5 Å². The van der Waals surface area contributed by atoms with E-state index in [4.69, 9.17) is 11.6 Å². The zero-order chi connectivity index (χ0) is 27.5. The number of hydrogen-bond acceptors (Lipinski definition) is 3. The summed E-state index contributed by atoms with van der Waals surface area (Å²) in [6, 6.07) is 25.8. The van der Waals surface area contributed by atoms with Crippen molar-refractivity contribution in [2.24, 2.45) is 0 Å². The summed E-state index contributed by atoms with van der Waals surface area (Å²) in [5.41, 5.74) is 1.93. The lowest BCUT2D eigenvalue weighted by molar-refractivity contribution is 0.103. The first-order chi connectivity index (χ1) is 18.8. The lowest BCUT2D eigenvalue weighted by Crippen LogP contribution is -2.07. The van der Waals surface area contributed by atoms with Gasteiger partial charge in [-0.3, -0.25) is 4.79 Å². The van der Waals surface area contributed by atoms with Crippen molar-refractivity contribution < 1.29 is 22.4 Å². The van der Waals surface area contributed by atoms with E-state index in [9.17, 15) is 22.4 Å². The van der Waals surface area contributed by atoms with E-state index in [1.165, 1.54) is 16.8 Å². The Hall–Kier alpha value is -4.30. The minimum absolute atomic E-state index is 0.0991. The van der Waals surface area contributed by atoms with Gasteiger partial charge in [-0.05, 0) is 35.9 Å². The summed E-state index contributed by atoms with van der Waals surface area (Å²) in [5.74, 6) is -0.309.